The molecule has 0 aliphatic heterocycles. The van der Waals surface area contributed by atoms with Crippen molar-refractivity contribution in [2.75, 3.05) is 19.8 Å². The molecule has 78 valence electrons. The SMILES string of the molecule is CSc1ccc(C(=O)N(C)CC#N)cc1. The third-order valence-corrected chi connectivity index (χ3v) is 2.74. The molecule has 0 N–H and O–H groups in total. The Morgan fingerprint density at radius 3 is 2.53 bits per heavy atom. The summed E-state index contributed by atoms with van der Waals surface area (Å²) in [4.78, 5) is 14.2. The Morgan fingerprint density at radius 2 is 2.07 bits per heavy atom. The predicted octanol–water partition coefficient (Wildman–Crippen LogP) is 2.00. The highest BCUT2D eigenvalue weighted by atomic mass is 32.2. The van der Waals surface area contributed by atoms with Crippen LogP contribution in [0.1, 0.15) is 10.4 Å². The monoisotopic (exact) mass is 220 g/mol. The highest BCUT2D eigenvalue weighted by Gasteiger charge is 2.10. The van der Waals surface area contributed by atoms with E-state index in [-0.39, 0.29) is 12.5 Å². The van der Waals surface area contributed by atoms with Gasteiger partial charge in [0.15, 0.2) is 0 Å². The van der Waals surface area contributed by atoms with Gasteiger partial charge in [0, 0.05) is 17.5 Å². The van der Waals surface area contributed by atoms with Gasteiger partial charge in [-0.1, -0.05) is 0 Å². The van der Waals surface area contributed by atoms with Crippen LogP contribution in [0, 0.1) is 11.3 Å². The van der Waals surface area contributed by atoms with Crippen LogP contribution in [0.25, 0.3) is 0 Å². The maximum absolute atomic E-state index is 11.7. The minimum Gasteiger partial charge on any atom is -0.328 e. The van der Waals surface area contributed by atoms with Gasteiger partial charge < -0.3 is 4.90 Å². The van der Waals surface area contributed by atoms with E-state index in [0.29, 0.717) is 5.56 Å². The number of benzene rings is 1. The van der Waals surface area contributed by atoms with E-state index in [0.717, 1.165) is 4.90 Å². The van der Waals surface area contributed by atoms with E-state index in [4.69, 9.17) is 5.26 Å². The largest absolute Gasteiger partial charge is 0.328 e. The molecule has 1 rings (SSSR count). The molecule has 0 aliphatic carbocycles. The molecule has 1 amide bonds. The standard InChI is InChI=1S/C11H12N2OS/c1-13(8-7-12)11(14)9-3-5-10(15-2)6-4-9/h3-6H,8H2,1-2H3. The van der Waals surface area contributed by atoms with Crippen LogP contribution in [0.3, 0.4) is 0 Å². The van der Waals surface area contributed by atoms with Gasteiger partial charge in [-0.3, -0.25) is 4.79 Å². The van der Waals surface area contributed by atoms with Gasteiger partial charge in [-0.25, -0.2) is 0 Å². The Labute approximate surface area is 93.7 Å². The molecule has 1 aromatic carbocycles. The van der Waals surface area contributed by atoms with Gasteiger partial charge in [-0.05, 0) is 30.5 Å². The molecule has 0 saturated carbocycles. The van der Waals surface area contributed by atoms with E-state index in [9.17, 15) is 4.79 Å². The first-order valence-corrected chi connectivity index (χ1v) is 5.68. The van der Waals surface area contributed by atoms with Crippen LogP contribution in [0.5, 0.6) is 0 Å². The van der Waals surface area contributed by atoms with Crippen LogP contribution in [0.2, 0.25) is 0 Å². The topological polar surface area (TPSA) is 44.1 Å². The molecule has 0 saturated heterocycles. The number of rotatable bonds is 3. The lowest BCUT2D eigenvalue weighted by atomic mass is 10.2. The fraction of sp³-hybridized carbons (Fsp3) is 0.273. The molecule has 1 aromatic rings. The zero-order chi connectivity index (χ0) is 11.3. The average molecular weight is 220 g/mol. The summed E-state index contributed by atoms with van der Waals surface area (Å²) in [7, 11) is 1.62. The summed E-state index contributed by atoms with van der Waals surface area (Å²) < 4.78 is 0. The van der Waals surface area contributed by atoms with Crippen molar-refractivity contribution < 1.29 is 4.79 Å². The van der Waals surface area contributed by atoms with Crippen LogP contribution < -0.4 is 0 Å². The Hall–Kier alpha value is -1.47. The minimum absolute atomic E-state index is 0.114. The summed E-state index contributed by atoms with van der Waals surface area (Å²) in [5, 5.41) is 8.47. The van der Waals surface area contributed by atoms with Gasteiger partial charge in [-0.15, -0.1) is 11.8 Å². The van der Waals surface area contributed by atoms with Crippen molar-refractivity contribution in [3.8, 4) is 6.07 Å². The van der Waals surface area contributed by atoms with Crippen molar-refractivity contribution in [3.05, 3.63) is 29.8 Å². The predicted molar refractivity (Wildman–Crippen MR) is 60.8 cm³/mol. The Morgan fingerprint density at radius 1 is 1.47 bits per heavy atom. The van der Waals surface area contributed by atoms with E-state index < -0.39 is 0 Å². The average Bonchev–Trinajstić information content (AvgIpc) is 2.28. The molecular formula is C11H12N2OS. The third kappa shape index (κ3) is 3.00. The molecule has 15 heavy (non-hydrogen) atoms. The molecule has 4 heteroatoms. The summed E-state index contributed by atoms with van der Waals surface area (Å²) >= 11 is 1.63. The lowest BCUT2D eigenvalue weighted by Crippen LogP contribution is -2.26. The number of carbonyl (C=O) groups is 1. The number of nitrogens with zero attached hydrogens (tertiary/aromatic N) is 2. The van der Waals surface area contributed by atoms with E-state index in [2.05, 4.69) is 0 Å². The summed E-state index contributed by atoms with van der Waals surface area (Å²) in [6.07, 6.45) is 1.98. The lowest BCUT2D eigenvalue weighted by molar-refractivity contribution is 0.0812. The van der Waals surface area contributed by atoms with Gasteiger partial charge in [-0.2, -0.15) is 5.26 Å². The molecule has 0 fully saturated rings. The van der Waals surface area contributed by atoms with Crippen molar-refractivity contribution in [2.24, 2.45) is 0 Å². The maximum atomic E-state index is 11.7. The highest BCUT2D eigenvalue weighted by molar-refractivity contribution is 7.98. The zero-order valence-electron chi connectivity index (χ0n) is 8.73. The van der Waals surface area contributed by atoms with Crippen LogP contribution >= 0.6 is 11.8 Å². The first-order valence-electron chi connectivity index (χ1n) is 4.45. The van der Waals surface area contributed by atoms with Gasteiger partial charge in [0.1, 0.15) is 6.54 Å². The van der Waals surface area contributed by atoms with E-state index in [1.165, 1.54) is 4.90 Å². The van der Waals surface area contributed by atoms with Crippen molar-refractivity contribution in [1.29, 1.82) is 5.26 Å². The van der Waals surface area contributed by atoms with Crippen molar-refractivity contribution >= 4 is 17.7 Å². The van der Waals surface area contributed by atoms with Gasteiger partial charge in [0.25, 0.3) is 5.91 Å². The van der Waals surface area contributed by atoms with Gasteiger partial charge in [0.05, 0.1) is 6.07 Å². The number of carbonyl (C=O) groups excluding carboxylic acids is 1. The normalized spacial score (nSPS) is 9.40. The van der Waals surface area contributed by atoms with Crippen molar-refractivity contribution in [1.82, 2.24) is 4.90 Å². The summed E-state index contributed by atoms with van der Waals surface area (Å²) in [5.74, 6) is -0.121. The Kier molecular flexibility index (Phi) is 4.19. The molecule has 0 unspecified atom stereocenters. The Bertz CT molecular complexity index is 381. The van der Waals surface area contributed by atoms with E-state index >= 15 is 0 Å². The van der Waals surface area contributed by atoms with Crippen LogP contribution in [0.15, 0.2) is 29.2 Å². The summed E-state index contributed by atoms with van der Waals surface area (Å²) in [6.45, 7) is 0.114. The molecule has 0 atom stereocenters. The Balaban J connectivity index is 2.79. The van der Waals surface area contributed by atoms with Gasteiger partial charge in [0.2, 0.25) is 0 Å². The quantitative estimate of drug-likeness (QED) is 0.578. The molecule has 3 nitrogen and oxygen atoms in total. The summed E-state index contributed by atoms with van der Waals surface area (Å²) in [6, 6.07) is 9.30. The highest BCUT2D eigenvalue weighted by Crippen LogP contribution is 2.15. The number of thioether (sulfide) groups is 1. The number of amides is 1. The second kappa shape index (κ2) is 5.42. The molecular weight excluding hydrogens is 208 g/mol. The van der Waals surface area contributed by atoms with Crippen LogP contribution in [-0.4, -0.2) is 30.7 Å². The fourth-order valence-corrected chi connectivity index (χ4v) is 1.54. The molecule has 0 bridgehead atoms. The van der Waals surface area contributed by atoms with Crippen LogP contribution in [-0.2, 0) is 0 Å². The third-order valence-electron chi connectivity index (χ3n) is 1.99. The number of hydrogen-bond donors (Lipinski definition) is 0. The minimum atomic E-state index is -0.121. The molecule has 0 radical (unpaired) electrons. The lowest BCUT2D eigenvalue weighted by Gasteiger charge is -2.12. The molecule has 0 heterocycles. The number of hydrogen-bond acceptors (Lipinski definition) is 3. The molecule has 0 spiro atoms. The fourth-order valence-electron chi connectivity index (χ4n) is 1.13. The molecule has 0 aromatic heterocycles. The second-order valence-electron chi connectivity index (χ2n) is 3.05. The van der Waals surface area contributed by atoms with Crippen LogP contribution in [0.4, 0.5) is 0 Å². The summed E-state index contributed by atoms with van der Waals surface area (Å²) in [5.41, 5.74) is 0.616. The number of nitriles is 1. The second-order valence-corrected chi connectivity index (χ2v) is 3.93. The van der Waals surface area contributed by atoms with Crippen molar-refractivity contribution in [2.45, 2.75) is 4.90 Å². The van der Waals surface area contributed by atoms with Gasteiger partial charge >= 0.3 is 0 Å². The van der Waals surface area contributed by atoms with Crippen molar-refractivity contribution in [3.63, 3.8) is 0 Å². The maximum Gasteiger partial charge on any atom is 0.254 e. The first kappa shape index (κ1) is 11.6. The smallest absolute Gasteiger partial charge is 0.254 e. The van der Waals surface area contributed by atoms with E-state index in [1.807, 2.05) is 24.5 Å². The first-order chi connectivity index (χ1) is 7.19. The zero-order valence-corrected chi connectivity index (χ0v) is 9.54. The molecule has 0 aliphatic rings. The van der Waals surface area contributed by atoms with E-state index in [1.54, 1.807) is 30.9 Å².